The summed E-state index contributed by atoms with van der Waals surface area (Å²) >= 11 is 0. The molecule has 0 aliphatic heterocycles. The third-order valence-corrected chi connectivity index (χ3v) is 2.88. The van der Waals surface area contributed by atoms with Gasteiger partial charge in [0.15, 0.2) is 6.61 Å². The van der Waals surface area contributed by atoms with Crippen molar-refractivity contribution in [2.75, 3.05) is 18.5 Å². The molecule has 1 amide bonds. The number of carbonyl (C=O) groups is 1. The van der Waals surface area contributed by atoms with E-state index >= 15 is 0 Å². The van der Waals surface area contributed by atoms with Crippen molar-refractivity contribution in [1.82, 2.24) is 0 Å². The Morgan fingerprint density at radius 2 is 1.90 bits per heavy atom. The Kier molecular flexibility index (Phi) is 5.21. The minimum absolute atomic E-state index is 0.0241. The van der Waals surface area contributed by atoms with E-state index in [0.29, 0.717) is 12.3 Å². The molecule has 4 heteroatoms. The first-order chi connectivity index (χ1) is 10.2. The van der Waals surface area contributed by atoms with Crippen LogP contribution in [0.15, 0.2) is 48.5 Å². The number of nitrogens with one attached hydrogen (secondary N) is 1. The zero-order chi connectivity index (χ0) is 15.1. The Morgan fingerprint density at radius 1 is 1.10 bits per heavy atom. The van der Waals surface area contributed by atoms with Crippen LogP contribution in [0, 0.1) is 6.92 Å². The van der Waals surface area contributed by atoms with E-state index in [-0.39, 0.29) is 12.5 Å². The van der Waals surface area contributed by atoms with Gasteiger partial charge in [-0.05, 0) is 37.6 Å². The van der Waals surface area contributed by atoms with Crippen molar-refractivity contribution in [3.8, 4) is 11.5 Å². The standard InChI is InChI=1S/C17H19NO3/c1-3-20-15-9-6-8-14(11-15)18-17(19)12-21-16-10-5-4-7-13(16)2/h4-11H,3,12H2,1-2H3,(H,18,19). The van der Waals surface area contributed by atoms with Gasteiger partial charge in [-0.2, -0.15) is 0 Å². The highest BCUT2D eigenvalue weighted by molar-refractivity contribution is 5.92. The van der Waals surface area contributed by atoms with E-state index in [0.717, 1.165) is 17.1 Å². The summed E-state index contributed by atoms with van der Waals surface area (Å²) in [5.41, 5.74) is 1.70. The maximum absolute atomic E-state index is 11.9. The van der Waals surface area contributed by atoms with Crippen molar-refractivity contribution in [3.05, 3.63) is 54.1 Å². The van der Waals surface area contributed by atoms with Gasteiger partial charge in [0.1, 0.15) is 11.5 Å². The third kappa shape index (κ3) is 4.53. The molecule has 0 aliphatic carbocycles. The lowest BCUT2D eigenvalue weighted by Gasteiger charge is -2.10. The van der Waals surface area contributed by atoms with Crippen LogP contribution < -0.4 is 14.8 Å². The fourth-order valence-corrected chi connectivity index (χ4v) is 1.89. The molecule has 0 aliphatic rings. The number of rotatable bonds is 6. The van der Waals surface area contributed by atoms with Crippen molar-refractivity contribution < 1.29 is 14.3 Å². The van der Waals surface area contributed by atoms with Gasteiger partial charge in [0.2, 0.25) is 0 Å². The smallest absolute Gasteiger partial charge is 0.262 e. The number of ether oxygens (including phenoxy) is 2. The minimum Gasteiger partial charge on any atom is -0.494 e. The van der Waals surface area contributed by atoms with Crippen LogP contribution in [0.3, 0.4) is 0 Å². The Balaban J connectivity index is 1.90. The summed E-state index contributed by atoms with van der Waals surface area (Å²) in [5.74, 6) is 1.25. The molecule has 0 unspecified atom stereocenters. The van der Waals surface area contributed by atoms with Gasteiger partial charge >= 0.3 is 0 Å². The van der Waals surface area contributed by atoms with Crippen molar-refractivity contribution >= 4 is 11.6 Å². The Bertz CT molecular complexity index is 610. The number of hydrogen-bond donors (Lipinski definition) is 1. The Hall–Kier alpha value is -2.49. The summed E-state index contributed by atoms with van der Waals surface area (Å²) in [6.45, 7) is 4.43. The third-order valence-electron chi connectivity index (χ3n) is 2.88. The molecule has 2 aromatic carbocycles. The summed E-state index contributed by atoms with van der Waals surface area (Å²) in [6, 6.07) is 14.9. The molecule has 2 rings (SSSR count). The molecule has 4 nitrogen and oxygen atoms in total. The Morgan fingerprint density at radius 3 is 2.67 bits per heavy atom. The topological polar surface area (TPSA) is 47.6 Å². The van der Waals surface area contributed by atoms with Crippen molar-refractivity contribution in [2.45, 2.75) is 13.8 Å². The fourth-order valence-electron chi connectivity index (χ4n) is 1.89. The van der Waals surface area contributed by atoms with Crippen LogP contribution in [0.2, 0.25) is 0 Å². The summed E-state index contributed by atoms with van der Waals surface area (Å²) in [7, 11) is 0. The second-order valence-electron chi connectivity index (χ2n) is 4.56. The zero-order valence-electron chi connectivity index (χ0n) is 12.3. The van der Waals surface area contributed by atoms with Gasteiger partial charge in [-0.25, -0.2) is 0 Å². The second kappa shape index (κ2) is 7.33. The maximum Gasteiger partial charge on any atom is 0.262 e. The molecular weight excluding hydrogens is 266 g/mol. The zero-order valence-corrected chi connectivity index (χ0v) is 12.3. The summed E-state index contributed by atoms with van der Waals surface area (Å²) in [5, 5.41) is 2.79. The largest absolute Gasteiger partial charge is 0.494 e. The van der Waals surface area contributed by atoms with Crippen molar-refractivity contribution in [1.29, 1.82) is 0 Å². The van der Waals surface area contributed by atoms with E-state index in [1.807, 2.05) is 56.3 Å². The van der Waals surface area contributed by atoms with E-state index in [1.54, 1.807) is 6.07 Å². The van der Waals surface area contributed by atoms with Gasteiger partial charge in [-0.1, -0.05) is 24.3 Å². The highest BCUT2D eigenvalue weighted by atomic mass is 16.5. The first-order valence-corrected chi connectivity index (χ1v) is 6.90. The highest BCUT2D eigenvalue weighted by Crippen LogP contribution is 2.18. The van der Waals surface area contributed by atoms with Gasteiger partial charge in [0.25, 0.3) is 5.91 Å². The molecule has 0 aromatic heterocycles. The number of aryl methyl sites for hydroxylation is 1. The average Bonchev–Trinajstić information content (AvgIpc) is 2.47. The average molecular weight is 285 g/mol. The van der Waals surface area contributed by atoms with Gasteiger partial charge in [0, 0.05) is 11.8 Å². The van der Waals surface area contributed by atoms with Crippen molar-refractivity contribution in [3.63, 3.8) is 0 Å². The lowest BCUT2D eigenvalue weighted by molar-refractivity contribution is -0.118. The molecule has 0 saturated heterocycles. The number of benzene rings is 2. The van der Waals surface area contributed by atoms with E-state index in [4.69, 9.17) is 9.47 Å². The normalized spacial score (nSPS) is 10.0. The van der Waals surface area contributed by atoms with Crippen LogP contribution in [-0.4, -0.2) is 19.1 Å². The van der Waals surface area contributed by atoms with E-state index < -0.39 is 0 Å². The molecular formula is C17H19NO3. The molecule has 21 heavy (non-hydrogen) atoms. The number of para-hydroxylation sites is 1. The molecule has 0 spiro atoms. The monoisotopic (exact) mass is 285 g/mol. The quantitative estimate of drug-likeness (QED) is 0.884. The predicted octanol–water partition coefficient (Wildman–Crippen LogP) is 3.41. The van der Waals surface area contributed by atoms with Gasteiger partial charge in [0.05, 0.1) is 6.61 Å². The van der Waals surface area contributed by atoms with Crippen LogP contribution in [0.5, 0.6) is 11.5 Å². The number of carbonyl (C=O) groups excluding carboxylic acids is 1. The first kappa shape index (κ1) is 14.9. The summed E-state index contributed by atoms with van der Waals surface area (Å²) < 4.78 is 10.9. The van der Waals surface area contributed by atoms with Gasteiger partial charge < -0.3 is 14.8 Å². The summed E-state index contributed by atoms with van der Waals surface area (Å²) in [4.78, 5) is 11.9. The van der Waals surface area contributed by atoms with Crippen LogP contribution in [0.4, 0.5) is 5.69 Å². The SMILES string of the molecule is CCOc1cccc(NC(=O)COc2ccccc2C)c1. The maximum atomic E-state index is 11.9. The molecule has 0 saturated carbocycles. The Labute approximate surface area is 124 Å². The summed E-state index contributed by atoms with van der Waals surface area (Å²) in [6.07, 6.45) is 0. The van der Waals surface area contributed by atoms with Crippen LogP contribution >= 0.6 is 0 Å². The first-order valence-electron chi connectivity index (χ1n) is 6.90. The molecule has 1 N–H and O–H groups in total. The lowest BCUT2D eigenvalue weighted by atomic mass is 10.2. The van der Waals surface area contributed by atoms with E-state index in [1.165, 1.54) is 0 Å². The van der Waals surface area contributed by atoms with Crippen molar-refractivity contribution in [2.24, 2.45) is 0 Å². The van der Waals surface area contributed by atoms with E-state index in [2.05, 4.69) is 5.32 Å². The molecule has 0 fully saturated rings. The second-order valence-corrected chi connectivity index (χ2v) is 4.56. The molecule has 0 heterocycles. The minimum atomic E-state index is -0.202. The van der Waals surface area contributed by atoms with E-state index in [9.17, 15) is 4.79 Å². The number of anilines is 1. The highest BCUT2D eigenvalue weighted by Gasteiger charge is 2.05. The molecule has 110 valence electrons. The predicted molar refractivity (Wildman–Crippen MR) is 82.9 cm³/mol. The molecule has 2 aromatic rings. The molecule has 0 radical (unpaired) electrons. The number of hydrogen-bond acceptors (Lipinski definition) is 3. The van der Waals surface area contributed by atoms with Crippen LogP contribution in [0.25, 0.3) is 0 Å². The molecule has 0 bridgehead atoms. The van der Waals surface area contributed by atoms with Gasteiger partial charge in [-0.15, -0.1) is 0 Å². The fraction of sp³-hybridized carbons (Fsp3) is 0.235. The number of amides is 1. The molecule has 0 atom stereocenters. The van der Waals surface area contributed by atoms with Crippen LogP contribution in [-0.2, 0) is 4.79 Å². The lowest BCUT2D eigenvalue weighted by Crippen LogP contribution is -2.20. The van der Waals surface area contributed by atoms with Gasteiger partial charge in [-0.3, -0.25) is 4.79 Å². The van der Waals surface area contributed by atoms with Crippen LogP contribution in [0.1, 0.15) is 12.5 Å².